The fourth-order valence-corrected chi connectivity index (χ4v) is 2.46. The summed E-state index contributed by atoms with van der Waals surface area (Å²) in [6, 6.07) is 9.55. The van der Waals surface area contributed by atoms with Gasteiger partial charge in [-0.2, -0.15) is 0 Å². The number of ether oxygens (including phenoxy) is 1. The van der Waals surface area contributed by atoms with Gasteiger partial charge in [0.25, 0.3) is 5.22 Å². The fourth-order valence-electron chi connectivity index (χ4n) is 1.56. The Hall–Kier alpha value is -1.75. The smallest absolute Gasteiger partial charge is 0.313 e. The maximum absolute atomic E-state index is 11.8. The van der Waals surface area contributed by atoms with Crippen LogP contribution in [-0.4, -0.2) is 23.8 Å². The van der Waals surface area contributed by atoms with E-state index in [0.717, 1.165) is 5.56 Å². The number of carbonyl (C=O) groups is 1. The minimum absolute atomic E-state index is 0.250. The summed E-state index contributed by atoms with van der Waals surface area (Å²) in [6.07, 6.45) is 3.09. The predicted octanol–water partition coefficient (Wildman–Crippen LogP) is 2.72. The number of oxazole rings is 1. The summed E-state index contributed by atoms with van der Waals surface area (Å²) in [5.41, 5.74) is 0.934. The van der Waals surface area contributed by atoms with Gasteiger partial charge in [-0.1, -0.05) is 42.1 Å². The van der Waals surface area contributed by atoms with E-state index in [0.29, 0.717) is 11.0 Å². The number of methoxy groups -OCH3 is 1. The van der Waals surface area contributed by atoms with Crippen molar-refractivity contribution in [2.45, 2.75) is 11.1 Å². The highest BCUT2D eigenvalue weighted by molar-refractivity contribution is 7.99. The normalized spacial score (nSPS) is 12.1. The van der Waals surface area contributed by atoms with Gasteiger partial charge in [-0.05, 0) is 5.56 Å². The van der Waals surface area contributed by atoms with Gasteiger partial charge in [0.2, 0.25) is 0 Å². The van der Waals surface area contributed by atoms with Crippen molar-refractivity contribution in [1.29, 1.82) is 0 Å². The van der Waals surface area contributed by atoms with Crippen LogP contribution in [0.5, 0.6) is 0 Å². The van der Waals surface area contributed by atoms with Crippen LogP contribution < -0.4 is 0 Å². The lowest BCUT2D eigenvalue weighted by molar-refractivity contribution is -0.141. The summed E-state index contributed by atoms with van der Waals surface area (Å²) >= 11 is 1.40. The fraction of sp³-hybridized carbons (Fsp3) is 0.231. The molecule has 2 rings (SSSR count). The molecular weight excluding hydrogens is 250 g/mol. The Balaban J connectivity index is 2.09. The molecule has 0 saturated carbocycles. The molecule has 1 aromatic heterocycles. The zero-order chi connectivity index (χ0) is 12.8. The first-order valence-corrected chi connectivity index (χ1v) is 6.45. The van der Waals surface area contributed by atoms with E-state index < -0.39 is 0 Å². The van der Waals surface area contributed by atoms with Gasteiger partial charge in [0, 0.05) is 5.75 Å². The third kappa shape index (κ3) is 3.13. The summed E-state index contributed by atoms with van der Waals surface area (Å²) in [5.74, 6) is -0.0228. The molecule has 4 nitrogen and oxygen atoms in total. The minimum atomic E-state index is -0.312. The van der Waals surface area contributed by atoms with Gasteiger partial charge >= 0.3 is 5.97 Å². The van der Waals surface area contributed by atoms with Gasteiger partial charge in [-0.3, -0.25) is 4.79 Å². The third-order valence-electron chi connectivity index (χ3n) is 2.47. The first kappa shape index (κ1) is 12.7. The molecule has 0 aliphatic rings. The molecule has 0 spiro atoms. The Morgan fingerprint density at radius 3 is 2.83 bits per heavy atom. The number of aromatic nitrogens is 1. The molecule has 0 aliphatic heterocycles. The topological polar surface area (TPSA) is 52.3 Å². The maximum atomic E-state index is 11.8. The average molecular weight is 263 g/mol. The zero-order valence-corrected chi connectivity index (χ0v) is 10.7. The summed E-state index contributed by atoms with van der Waals surface area (Å²) in [7, 11) is 1.40. The first-order chi connectivity index (χ1) is 8.81. The zero-order valence-electron chi connectivity index (χ0n) is 9.91. The van der Waals surface area contributed by atoms with E-state index in [1.165, 1.54) is 25.1 Å². The number of carbonyl (C=O) groups excluding carboxylic acids is 1. The highest BCUT2D eigenvalue weighted by Gasteiger charge is 2.22. The number of benzene rings is 1. The quantitative estimate of drug-likeness (QED) is 0.613. The van der Waals surface area contributed by atoms with Crippen molar-refractivity contribution in [2.75, 3.05) is 12.9 Å². The number of hydrogen-bond donors (Lipinski definition) is 0. The van der Waals surface area contributed by atoms with Crippen molar-refractivity contribution in [2.24, 2.45) is 0 Å². The lowest BCUT2D eigenvalue weighted by Crippen LogP contribution is -2.16. The molecule has 94 valence electrons. The van der Waals surface area contributed by atoms with Gasteiger partial charge in [-0.25, -0.2) is 4.98 Å². The van der Waals surface area contributed by atoms with Crippen molar-refractivity contribution in [3.05, 3.63) is 48.4 Å². The van der Waals surface area contributed by atoms with Crippen LogP contribution in [0.1, 0.15) is 11.5 Å². The molecule has 0 bridgehead atoms. The summed E-state index contributed by atoms with van der Waals surface area (Å²) in [6.45, 7) is 0. The van der Waals surface area contributed by atoms with Gasteiger partial charge in [-0.15, -0.1) is 0 Å². The molecule has 1 atom stereocenters. The molecular formula is C13H13NO3S. The lowest BCUT2D eigenvalue weighted by atomic mass is 10.0. The van der Waals surface area contributed by atoms with Crippen LogP contribution in [0.2, 0.25) is 0 Å². The molecule has 0 amide bonds. The molecule has 0 fully saturated rings. The standard InChI is InChI=1S/C13H13NO3S/c1-16-12(15)11(10-5-3-2-4-6-10)9-18-13-14-7-8-17-13/h2-8,11H,9H2,1H3. The third-order valence-corrected chi connectivity index (χ3v) is 3.42. The molecule has 1 heterocycles. The Bertz CT molecular complexity index is 484. The monoisotopic (exact) mass is 263 g/mol. The highest BCUT2D eigenvalue weighted by atomic mass is 32.2. The van der Waals surface area contributed by atoms with E-state index in [4.69, 9.17) is 9.15 Å². The molecule has 0 N–H and O–H groups in total. The van der Waals surface area contributed by atoms with Crippen molar-refractivity contribution in [1.82, 2.24) is 4.98 Å². The molecule has 18 heavy (non-hydrogen) atoms. The van der Waals surface area contributed by atoms with E-state index >= 15 is 0 Å². The summed E-state index contributed by atoms with van der Waals surface area (Å²) in [4.78, 5) is 15.8. The molecule has 0 radical (unpaired) electrons. The second-order valence-corrected chi connectivity index (χ2v) is 4.57. The van der Waals surface area contributed by atoms with Gasteiger partial charge in [0.15, 0.2) is 0 Å². The molecule has 0 aliphatic carbocycles. The van der Waals surface area contributed by atoms with E-state index in [1.54, 1.807) is 6.20 Å². The maximum Gasteiger partial charge on any atom is 0.313 e. The predicted molar refractivity (Wildman–Crippen MR) is 68.4 cm³/mol. The first-order valence-electron chi connectivity index (χ1n) is 5.46. The van der Waals surface area contributed by atoms with Crippen molar-refractivity contribution < 1.29 is 13.9 Å². The van der Waals surface area contributed by atoms with Gasteiger partial charge in [0.1, 0.15) is 6.26 Å². The van der Waals surface area contributed by atoms with Crippen LogP contribution in [0, 0.1) is 0 Å². The second kappa shape index (κ2) is 6.26. The van der Waals surface area contributed by atoms with Crippen LogP contribution in [0.25, 0.3) is 0 Å². The number of hydrogen-bond acceptors (Lipinski definition) is 5. The second-order valence-electron chi connectivity index (χ2n) is 3.60. The number of nitrogens with zero attached hydrogens (tertiary/aromatic N) is 1. The van der Waals surface area contributed by atoms with Crippen LogP contribution >= 0.6 is 11.8 Å². The number of rotatable bonds is 5. The summed E-state index contributed by atoms with van der Waals surface area (Å²) in [5, 5.41) is 0.555. The summed E-state index contributed by atoms with van der Waals surface area (Å²) < 4.78 is 9.97. The van der Waals surface area contributed by atoms with Crippen LogP contribution in [-0.2, 0) is 9.53 Å². The van der Waals surface area contributed by atoms with Gasteiger partial charge < -0.3 is 9.15 Å². The van der Waals surface area contributed by atoms with E-state index in [2.05, 4.69) is 4.98 Å². The number of thioether (sulfide) groups is 1. The Morgan fingerprint density at radius 1 is 1.44 bits per heavy atom. The van der Waals surface area contributed by atoms with E-state index in [9.17, 15) is 4.79 Å². The largest absolute Gasteiger partial charge is 0.469 e. The molecule has 2 aromatic rings. The van der Waals surface area contributed by atoms with Crippen LogP contribution in [0.4, 0.5) is 0 Å². The van der Waals surface area contributed by atoms with Gasteiger partial charge in [0.05, 0.1) is 19.2 Å². The molecule has 0 saturated heterocycles. The Morgan fingerprint density at radius 2 is 2.22 bits per heavy atom. The van der Waals surface area contributed by atoms with Crippen molar-refractivity contribution in [3.63, 3.8) is 0 Å². The minimum Gasteiger partial charge on any atom is -0.469 e. The molecule has 1 aromatic carbocycles. The van der Waals surface area contributed by atoms with E-state index in [-0.39, 0.29) is 11.9 Å². The highest BCUT2D eigenvalue weighted by Crippen LogP contribution is 2.26. The SMILES string of the molecule is COC(=O)C(CSc1ncco1)c1ccccc1. The number of esters is 1. The van der Waals surface area contributed by atoms with E-state index in [1.807, 2.05) is 30.3 Å². The molecule has 5 heteroatoms. The van der Waals surface area contributed by atoms with Crippen LogP contribution in [0.3, 0.4) is 0 Å². The van der Waals surface area contributed by atoms with Crippen molar-refractivity contribution in [3.8, 4) is 0 Å². The van der Waals surface area contributed by atoms with Crippen LogP contribution in [0.15, 0.2) is 52.4 Å². The Kier molecular flexibility index (Phi) is 4.41. The van der Waals surface area contributed by atoms with Crippen molar-refractivity contribution >= 4 is 17.7 Å². The average Bonchev–Trinajstić information content (AvgIpc) is 2.93. The Labute approximate surface area is 109 Å². The lowest BCUT2D eigenvalue weighted by Gasteiger charge is -2.13. The molecule has 1 unspecified atom stereocenters.